The number of nitrogens with two attached hydrogens (primary N) is 1. The van der Waals surface area contributed by atoms with Crippen LogP contribution in [0.15, 0.2) is 47.2 Å². The highest BCUT2D eigenvalue weighted by Crippen LogP contribution is 2.28. The molecule has 0 radical (unpaired) electrons. The third kappa shape index (κ3) is 5.63. The molecule has 2 aliphatic carbocycles. The van der Waals surface area contributed by atoms with Gasteiger partial charge in [0.2, 0.25) is 0 Å². The molecule has 1 aromatic carbocycles. The highest BCUT2D eigenvalue weighted by atomic mass is 16.3. The van der Waals surface area contributed by atoms with E-state index in [2.05, 4.69) is 15.6 Å². The zero-order valence-electron chi connectivity index (χ0n) is 18.5. The van der Waals surface area contributed by atoms with Gasteiger partial charge in [0.1, 0.15) is 11.4 Å². The molecule has 1 aromatic heterocycles. The second-order valence-corrected chi connectivity index (χ2v) is 8.20. The zero-order chi connectivity index (χ0) is 22.9. The smallest absolute Gasteiger partial charge is 0.257 e. The number of rotatable bonds is 7. The normalized spacial score (nSPS) is 21.5. The highest BCUT2D eigenvalue weighted by molar-refractivity contribution is 6.20. The van der Waals surface area contributed by atoms with Crippen molar-refractivity contribution in [3.63, 3.8) is 0 Å². The predicted octanol–water partition coefficient (Wildman–Crippen LogP) is 1.92. The fraction of sp³-hybridized carbons (Fsp3) is 0.458. The quantitative estimate of drug-likeness (QED) is 0.254. The maximum Gasteiger partial charge on any atom is 0.257 e. The molecule has 1 heterocycles. The van der Waals surface area contributed by atoms with Crippen molar-refractivity contribution in [2.45, 2.75) is 50.6 Å². The van der Waals surface area contributed by atoms with Gasteiger partial charge in [-0.15, -0.1) is 0 Å². The molecule has 2 aliphatic rings. The number of aromatic nitrogens is 1. The fourth-order valence-electron chi connectivity index (χ4n) is 4.17. The van der Waals surface area contributed by atoms with Crippen LogP contribution in [0.5, 0.6) is 0 Å². The molecule has 1 amide bonds. The van der Waals surface area contributed by atoms with Crippen molar-refractivity contribution in [3.8, 4) is 0 Å². The Balaban J connectivity index is 0.00000141. The predicted molar refractivity (Wildman–Crippen MR) is 127 cm³/mol. The average molecular weight is 440 g/mol. The first-order chi connectivity index (χ1) is 15.7. The largest absolute Gasteiger partial charge is 0.400 e. The first-order valence-electron chi connectivity index (χ1n) is 11.2. The molecule has 0 bridgehead atoms. The molecule has 172 valence electrons. The average Bonchev–Trinajstić information content (AvgIpc) is 3.25. The molecule has 8 heteroatoms. The Morgan fingerprint density at radius 3 is 2.56 bits per heavy atom. The molecule has 2 saturated carbocycles. The van der Waals surface area contributed by atoms with E-state index in [9.17, 15) is 9.90 Å². The molecule has 8 nitrogen and oxygen atoms in total. The molecule has 0 spiro atoms. The van der Waals surface area contributed by atoms with E-state index in [1.807, 2.05) is 36.4 Å². The number of carbonyl (C=O) groups is 1. The third-order valence-corrected chi connectivity index (χ3v) is 6.10. The summed E-state index contributed by atoms with van der Waals surface area (Å²) in [6.45, 7) is 0.179. The Labute approximate surface area is 188 Å². The topological polar surface area (TPSA) is 133 Å². The van der Waals surface area contributed by atoms with Gasteiger partial charge in [0.15, 0.2) is 0 Å². The lowest BCUT2D eigenvalue weighted by Gasteiger charge is -2.27. The maximum atomic E-state index is 13.3. The van der Waals surface area contributed by atoms with Crippen LogP contribution in [0, 0.1) is 5.92 Å². The van der Waals surface area contributed by atoms with E-state index < -0.39 is 0 Å². The lowest BCUT2D eigenvalue weighted by Crippen LogP contribution is -2.41. The molecular weight excluding hydrogens is 406 g/mol. The summed E-state index contributed by atoms with van der Waals surface area (Å²) < 4.78 is 0. The molecule has 2 unspecified atom stereocenters. The number of aliphatic hydroxyl groups is 2. The van der Waals surface area contributed by atoms with E-state index in [1.165, 1.54) is 6.34 Å². The minimum Gasteiger partial charge on any atom is -0.400 e. The summed E-state index contributed by atoms with van der Waals surface area (Å²) in [5, 5.41) is 24.0. The van der Waals surface area contributed by atoms with Gasteiger partial charge in [-0.25, -0.2) is 9.98 Å². The SMILES string of the molecule is CO.N/C=N\C(NC1CCC(CO)C1)=C(/C(=O)NC1CCC1)c1ccc2ccccc2n1. The molecule has 4 rings (SSSR count). The number of pyridine rings is 1. The van der Waals surface area contributed by atoms with Crippen LogP contribution in [0.25, 0.3) is 16.5 Å². The third-order valence-electron chi connectivity index (χ3n) is 6.10. The maximum absolute atomic E-state index is 13.3. The Morgan fingerprint density at radius 1 is 1.12 bits per heavy atom. The van der Waals surface area contributed by atoms with Gasteiger partial charge < -0.3 is 26.6 Å². The number of amides is 1. The van der Waals surface area contributed by atoms with Gasteiger partial charge in [-0.3, -0.25) is 4.79 Å². The van der Waals surface area contributed by atoms with Gasteiger partial charge in [0, 0.05) is 31.2 Å². The molecular formula is C24H33N5O3. The van der Waals surface area contributed by atoms with E-state index in [1.54, 1.807) is 0 Å². The molecule has 0 aliphatic heterocycles. The Bertz CT molecular complexity index is 971. The lowest BCUT2D eigenvalue weighted by atomic mass is 9.92. The number of aliphatic hydroxyl groups excluding tert-OH is 2. The van der Waals surface area contributed by atoms with Gasteiger partial charge in [0.25, 0.3) is 5.91 Å². The summed E-state index contributed by atoms with van der Waals surface area (Å²) in [6, 6.07) is 12.0. The monoisotopic (exact) mass is 439 g/mol. The minimum absolute atomic E-state index is 0.132. The van der Waals surface area contributed by atoms with Crippen molar-refractivity contribution in [1.82, 2.24) is 15.6 Å². The Hall–Kier alpha value is -2.97. The van der Waals surface area contributed by atoms with E-state index in [4.69, 9.17) is 15.8 Å². The van der Waals surface area contributed by atoms with Crippen LogP contribution < -0.4 is 16.4 Å². The number of benzene rings is 1. The van der Waals surface area contributed by atoms with Gasteiger partial charge in [-0.2, -0.15) is 0 Å². The molecule has 2 atom stereocenters. The first kappa shape index (κ1) is 23.7. The van der Waals surface area contributed by atoms with Crippen LogP contribution in [-0.4, -0.2) is 53.2 Å². The number of hydrogen-bond acceptors (Lipinski definition) is 6. The van der Waals surface area contributed by atoms with Crippen molar-refractivity contribution in [2.24, 2.45) is 16.6 Å². The number of hydrogen-bond donors (Lipinski definition) is 5. The molecule has 32 heavy (non-hydrogen) atoms. The minimum atomic E-state index is -0.188. The number of para-hydroxylation sites is 1. The van der Waals surface area contributed by atoms with Crippen molar-refractivity contribution in [3.05, 3.63) is 47.9 Å². The van der Waals surface area contributed by atoms with Gasteiger partial charge in [-0.05, 0) is 56.6 Å². The summed E-state index contributed by atoms with van der Waals surface area (Å²) in [6.07, 6.45) is 7.03. The molecule has 2 fully saturated rings. The number of fused-ring (bicyclic) bond motifs is 1. The Kier molecular flexibility index (Phi) is 8.58. The van der Waals surface area contributed by atoms with Gasteiger partial charge in [0.05, 0.1) is 17.5 Å². The Morgan fingerprint density at radius 2 is 1.91 bits per heavy atom. The van der Waals surface area contributed by atoms with Crippen LogP contribution in [0.4, 0.5) is 0 Å². The molecule has 2 aromatic rings. The van der Waals surface area contributed by atoms with Crippen molar-refractivity contribution >= 4 is 28.7 Å². The van der Waals surface area contributed by atoms with E-state index in [0.717, 1.165) is 56.5 Å². The summed E-state index contributed by atoms with van der Waals surface area (Å²) in [5.74, 6) is 0.518. The van der Waals surface area contributed by atoms with E-state index in [0.29, 0.717) is 17.1 Å². The van der Waals surface area contributed by atoms with Crippen LogP contribution in [0.2, 0.25) is 0 Å². The van der Waals surface area contributed by atoms with Crippen molar-refractivity contribution < 1.29 is 15.0 Å². The number of nitrogens with one attached hydrogen (secondary N) is 2. The number of nitrogens with zero attached hydrogens (tertiary/aromatic N) is 2. The number of carbonyl (C=O) groups excluding carboxylic acids is 1. The molecule has 0 saturated heterocycles. The lowest BCUT2D eigenvalue weighted by molar-refractivity contribution is -0.116. The van der Waals surface area contributed by atoms with Gasteiger partial charge in [-0.1, -0.05) is 24.3 Å². The fourth-order valence-corrected chi connectivity index (χ4v) is 4.17. The van der Waals surface area contributed by atoms with Crippen LogP contribution >= 0.6 is 0 Å². The number of aliphatic imine (C=N–C) groups is 1. The van der Waals surface area contributed by atoms with Gasteiger partial charge >= 0.3 is 0 Å². The highest BCUT2D eigenvalue weighted by Gasteiger charge is 2.29. The van der Waals surface area contributed by atoms with Crippen molar-refractivity contribution in [2.75, 3.05) is 13.7 Å². The first-order valence-corrected chi connectivity index (χ1v) is 11.2. The van der Waals surface area contributed by atoms with Crippen LogP contribution in [0.3, 0.4) is 0 Å². The van der Waals surface area contributed by atoms with Crippen LogP contribution in [0.1, 0.15) is 44.2 Å². The summed E-state index contributed by atoms with van der Waals surface area (Å²) in [5.41, 5.74) is 7.43. The van der Waals surface area contributed by atoms with Crippen molar-refractivity contribution in [1.29, 1.82) is 0 Å². The molecule has 6 N–H and O–H groups in total. The summed E-state index contributed by atoms with van der Waals surface area (Å²) >= 11 is 0. The summed E-state index contributed by atoms with van der Waals surface area (Å²) in [4.78, 5) is 22.4. The summed E-state index contributed by atoms with van der Waals surface area (Å²) in [7, 11) is 1.00. The second kappa shape index (κ2) is 11.6. The zero-order valence-corrected chi connectivity index (χ0v) is 18.5. The van der Waals surface area contributed by atoms with E-state index >= 15 is 0 Å². The second-order valence-electron chi connectivity index (χ2n) is 8.20. The standard InChI is InChI=1S/C23H29N5O2.CH4O/c24-14-25-22(26-18-10-8-15(12-18)13-29)21(23(30)27-17-5-3-6-17)20-11-9-16-4-1-2-7-19(16)28-20;1-2/h1-2,4,7,9,11,14-15,17-18,26,29H,3,5-6,8,10,12-13H2,(H2,24,25)(H,27,30);2H,1H3/b22-21+;. The van der Waals surface area contributed by atoms with Crippen LogP contribution in [-0.2, 0) is 4.79 Å². The van der Waals surface area contributed by atoms with E-state index in [-0.39, 0.29) is 30.5 Å².